The summed E-state index contributed by atoms with van der Waals surface area (Å²) in [6.45, 7) is 1.18. The van der Waals surface area contributed by atoms with E-state index in [1.54, 1.807) is 0 Å². The van der Waals surface area contributed by atoms with Gasteiger partial charge in [-0.2, -0.15) is 0 Å². The number of aliphatic hydroxyl groups is 1. The summed E-state index contributed by atoms with van der Waals surface area (Å²) in [5, 5.41) is 8.99. The molecule has 0 saturated carbocycles. The van der Waals surface area contributed by atoms with Crippen LogP contribution in [0.15, 0.2) is 0 Å². The van der Waals surface area contributed by atoms with Gasteiger partial charge in [-0.05, 0) is 0 Å². The number of esters is 2. The molecule has 0 radical (unpaired) electrons. The monoisotopic (exact) mass is 160 g/mol. The summed E-state index contributed by atoms with van der Waals surface area (Å²) < 4.78 is 8.91. The highest BCUT2D eigenvalue weighted by molar-refractivity contribution is 5.73. The molecule has 0 aromatic heterocycles. The molecule has 1 fully saturated rings. The molecule has 5 heteroatoms. The van der Waals surface area contributed by atoms with E-state index in [9.17, 15) is 9.59 Å². The average Bonchev–Trinajstić information content (AvgIpc) is 2.09. The van der Waals surface area contributed by atoms with Crippen LogP contribution < -0.4 is 0 Å². The fourth-order valence-electron chi connectivity index (χ4n) is 0.789. The summed E-state index contributed by atoms with van der Waals surface area (Å²) in [7, 11) is 0. The van der Waals surface area contributed by atoms with E-state index in [1.165, 1.54) is 6.92 Å². The lowest BCUT2D eigenvalue weighted by atomic mass is 10.3. The summed E-state index contributed by atoms with van der Waals surface area (Å²) in [6, 6.07) is 0. The Hall–Kier alpha value is -1.10. The van der Waals surface area contributed by atoms with Gasteiger partial charge in [0.25, 0.3) is 6.29 Å². The molecule has 1 N–H and O–H groups in total. The lowest BCUT2D eigenvalue weighted by molar-refractivity contribution is -0.184. The standard InChI is InChI=1S/C6H8O5/c1-3(7)10-6-4(8)2-5(9)11-6/h4,6,8H,2H2,1H3. The molecule has 2 unspecified atom stereocenters. The van der Waals surface area contributed by atoms with Gasteiger partial charge in [0.05, 0.1) is 6.42 Å². The predicted octanol–water partition coefficient (Wildman–Crippen LogP) is -0.817. The summed E-state index contributed by atoms with van der Waals surface area (Å²) in [4.78, 5) is 20.8. The number of aliphatic hydroxyl groups excluding tert-OH is 1. The smallest absolute Gasteiger partial charge is 0.311 e. The fourth-order valence-corrected chi connectivity index (χ4v) is 0.789. The topological polar surface area (TPSA) is 72.8 Å². The summed E-state index contributed by atoms with van der Waals surface area (Å²) >= 11 is 0. The minimum atomic E-state index is -1.11. The molecule has 0 aromatic carbocycles. The Morgan fingerprint density at radius 3 is 2.82 bits per heavy atom. The third-order valence-corrected chi connectivity index (χ3v) is 1.22. The van der Waals surface area contributed by atoms with Gasteiger partial charge in [-0.25, -0.2) is 0 Å². The molecule has 0 bridgehead atoms. The van der Waals surface area contributed by atoms with Crippen molar-refractivity contribution in [2.24, 2.45) is 0 Å². The molecule has 0 spiro atoms. The maximum Gasteiger partial charge on any atom is 0.311 e. The van der Waals surface area contributed by atoms with E-state index < -0.39 is 24.3 Å². The van der Waals surface area contributed by atoms with E-state index in [-0.39, 0.29) is 6.42 Å². The van der Waals surface area contributed by atoms with Crippen molar-refractivity contribution in [1.82, 2.24) is 0 Å². The second-order valence-corrected chi connectivity index (χ2v) is 2.24. The zero-order valence-electron chi connectivity index (χ0n) is 5.94. The lowest BCUT2D eigenvalue weighted by Gasteiger charge is -2.11. The molecular weight excluding hydrogens is 152 g/mol. The maximum atomic E-state index is 10.5. The predicted molar refractivity (Wildman–Crippen MR) is 32.3 cm³/mol. The lowest BCUT2D eigenvalue weighted by Crippen LogP contribution is -2.26. The number of rotatable bonds is 1. The third kappa shape index (κ3) is 1.91. The zero-order chi connectivity index (χ0) is 8.43. The average molecular weight is 160 g/mol. The zero-order valence-corrected chi connectivity index (χ0v) is 5.94. The highest BCUT2D eigenvalue weighted by Crippen LogP contribution is 2.15. The van der Waals surface area contributed by atoms with Crippen molar-refractivity contribution in [2.75, 3.05) is 0 Å². The molecule has 2 atom stereocenters. The Morgan fingerprint density at radius 2 is 2.45 bits per heavy atom. The SMILES string of the molecule is CC(=O)OC1OC(=O)CC1O. The van der Waals surface area contributed by atoms with Crippen molar-refractivity contribution in [3.8, 4) is 0 Å². The van der Waals surface area contributed by atoms with Crippen LogP contribution in [0.1, 0.15) is 13.3 Å². The van der Waals surface area contributed by atoms with Gasteiger partial charge in [0.15, 0.2) is 0 Å². The highest BCUT2D eigenvalue weighted by Gasteiger charge is 2.35. The van der Waals surface area contributed by atoms with Crippen molar-refractivity contribution >= 4 is 11.9 Å². The number of carbonyl (C=O) groups is 2. The second-order valence-electron chi connectivity index (χ2n) is 2.24. The van der Waals surface area contributed by atoms with Gasteiger partial charge in [0.2, 0.25) is 0 Å². The molecule has 1 saturated heterocycles. The number of cyclic esters (lactones) is 1. The third-order valence-electron chi connectivity index (χ3n) is 1.22. The van der Waals surface area contributed by atoms with E-state index in [0.717, 1.165) is 0 Å². The largest absolute Gasteiger partial charge is 0.422 e. The number of ether oxygens (including phenoxy) is 2. The molecule has 1 aliphatic heterocycles. The van der Waals surface area contributed by atoms with Gasteiger partial charge in [0, 0.05) is 6.92 Å². The molecule has 1 rings (SSSR count). The molecule has 62 valence electrons. The van der Waals surface area contributed by atoms with Gasteiger partial charge < -0.3 is 14.6 Å². The van der Waals surface area contributed by atoms with Crippen LogP contribution in [0.25, 0.3) is 0 Å². The van der Waals surface area contributed by atoms with Crippen LogP contribution in [0, 0.1) is 0 Å². The van der Waals surface area contributed by atoms with E-state index in [0.29, 0.717) is 0 Å². The first-order valence-corrected chi connectivity index (χ1v) is 3.14. The van der Waals surface area contributed by atoms with Crippen molar-refractivity contribution < 1.29 is 24.2 Å². The maximum absolute atomic E-state index is 10.5. The van der Waals surface area contributed by atoms with Gasteiger partial charge in [0.1, 0.15) is 6.10 Å². The van der Waals surface area contributed by atoms with Crippen molar-refractivity contribution in [2.45, 2.75) is 25.7 Å². The van der Waals surface area contributed by atoms with Gasteiger partial charge in [-0.15, -0.1) is 0 Å². The first-order chi connectivity index (χ1) is 5.09. The quantitative estimate of drug-likeness (QED) is 0.507. The van der Waals surface area contributed by atoms with E-state index in [2.05, 4.69) is 9.47 Å². The Labute approximate surface area is 62.9 Å². The minimum absolute atomic E-state index is 0.113. The molecule has 0 amide bonds. The molecule has 1 heterocycles. The van der Waals surface area contributed by atoms with Crippen molar-refractivity contribution in [3.05, 3.63) is 0 Å². The number of carbonyl (C=O) groups excluding carboxylic acids is 2. The fraction of sp³-hybridized carbons (Fsp3) is 0.667. The van der Waals surface area contributed by atoms with Crippen molar-refractivity contribution in [3.63, 3.8) is 0 Å². The van der Waals surface area contributed by atoms with Crippen LogP contribution in [0.4, 0.5) is 0 Å². The van der Waals surface area contributed by atoms with E-state index in [4.69, 9.17) is 5.11 Å². The van der Waals surface area contributed by atoms with Gasteiger partial charge in [-0.1, -0.05) is 0 Å². The number of hydrogen-bond donors (Lipinski definition) is 1. The Balaban J connectivity index is 2.46. The van der Waals surface area contributed by atoms with Crippen LogP contribution in [0.3, 0.4) is 0 Å². The second kappa shape index (κ2) is 2.87. The Kier molecular flexibility index (Phi) is 2.09. The first-order valence-electron chi connectivity index (χ1n) is 3.14. The molecular formula is C6H8O5. The van der Waals surface area contributed by atoms with Crippen LogP contribution in [0.2, 0.25) is 0 Å². The van der Waals surface area contributed by atoms with Crippen LogP contribution >= 0.6 is 0 Å². The number of hydrogen-bond acceptors (Lipinski definition) is 5. The summed E-state index contributed by atoms with van der Waals surface area (Å²) in [6.07, 6.45) is -2.25. The molecule has 5 nitrogen and oxygen atoms in total. The van der Waals surface area contributed by atoms with Gasteiger partial charge >= 0.3 is 11.9 Å². The molecule has 0 aromatic rings. The van der Waals surface area contributed by atoms with E-state index in [1.807, 2.05) is 0 Å². The minimum Gasteiger partial charge on any atom is -0.422 e. The van der Waals surface area contributed by atoms with E-state index >= 15 is 0 Å². The van der Waals surface area contributed by atoms with Crippen LogP contribution in [0.5, 0.6) is 0 Å². The molecule has 1 aliphatic rings. The first kappa shape index (κ1) is 8.00. The Morgan fingerprint density at radius 1 is 1.82 bits per heavy atom. The molecule has 0 aliphatic carbocycles. The van der Waals surface area contributed by atoms with Crippen molar-refractivity contribution in [1.29, 1.82) is 0 Å². The van der Waals surface area contributed by atoms with Crippen LogP contribution in [-0.4, -0.2) is 29.4 Å². The molecule has 11 heavy (non-hydrogen) atoms. The highest BCUT2D eigenvalue weighted by atomic mass is 16.7. The Bertz CT molecular complexity index is 187. The van der Waals surface area contributed by atoms with Gasteiger partial charge in [-0.3, -0.25) is 9.59 Å². The normalized spacial score (nSPS) is 29.8. The van der Waals surface area contributed by atoms with Crippen LogP contribution in [-0.2, 0) is 19.1 Å². The summed E-state index contributed by atoms with van der Waals surface area (Å²) in [5.74, 6) is -1.13. The summed E-state index contributed by atoms with van der Waals surface area (Å²) in [5.41, 5.74) is 0.